The van der Waals surface area contributed by atoms with Crippen molar-refractivity contribution in [2.75, 3.05) is 10.6 Å². The van der Waals surface area contributed by atoms with E-state index in [0.29, 0.717) is 29.1 Å². The van der Waals surface area contributed by atoms with E-state index in [4.69, 9.17) is 4.74 Å². The van der Waals surface area contributed by atoms with E-state index in [1.165, 1.54) is 6.33 Å². The van der Waals surface area contributed by atoms with Crippen LogP contribution in [0.1, 0.15) is 48.8 Å². The zero-order chi connectivity index (χ0) is 20.2. The highest BCUT2D eigenvalue weighted by molar-refractivity contribution is 6.05. The van der Waals surface area contributed by atoms with E-state index in [1.54, 1.807) is 36.8 Å². The summed E-state index contributed by atoms with van der Waals surface area (Å²) in [7, 11) is 0. The Hall–Kier alpha value is -3.62. The van der Waals surface area contributed by atoms with Crippen molar-refractivity contribution in [3.8, 4) is 5.88 Å². The molecule has 3 aromatic heterocycles. The van der Waals surface area contributed by atoms with Gasteiger partial charge in [-0.25, -0.2) is 19.9 Å². The zero-order valence-corrected chi connectivity index (χ0v) is 16.2. The molecule has 4 rings (SSSR count). The maximum atomic E-state index is 13.0. The van der Waals surface area contributed by atoms with E-state index in [1.807, 2.05) is 13.8 Å². The van der Waals surface area contributed by atoms with E-state index in [0.717, 1.165) is 18.5 Å². The number of hydrogen-bond acceptors (Lipinski definition) is 8. The second-order valence-corrected chi connectivity index (χ2v) is 7.00. The molecule has 0 aromatic carbocycles. The predicted octanol–water partition coefficient (Wildman–Crippen LogP) is 3.32. The summed E-state index contributed by atoms with van der Waals surface area (Å²) >= 11 is 0. The Morgan fingerprint density at radius 1 is 1.14 bits per heavy atom. The number of carbonyl (C=O) groups excluding carboxylic acids is 1. The van der Waals surface area contributed by atoms with Crippen LogP contribution in [-0.4, -0.2) is 36.9 Å². The van der Waals surface area contributed by atoms with E-state index in [2.05, 4.69) is 35.6 Å². The van der Waals surface area contributed by atoms with Gasteiger partial charge in [0, 0.05) is 12.0 Å². The van der Waals surface area contributed by atoms with Gasteiger partial charge in [-0.3, -0.25) is 4.79 Å². The molecule has 148 valence electrons. The van der Waals surface area contributed by atoms with Gasteiger partial charge in [-0.1, -0.05) is 6.07 Å². The summed E-state index contributed by atoms with van der Waals surface area (Å²) in [6.07, 6.45) is 8.43. The quantitative estimate of drug-likeness (QED) is 0.630. The molecule has 0 spiro atoms. The number of rotatable bonds is 7. The summed E-state index contributed by atoms with van der Waals surface area (Å²) in [5, 5.41) is 5.84. The summed E-state index contributed by atoms with van der Waals surface area (Å²) in [4.78, 5) is 34.2. The third-order valence-corrected chi connectivity index (χ3v) is 4.15. The van der Waals surface area contributed by atoms with Crippen molar-refractivity contribution in [1.82, 2.24) is 24.9 Å². The minimum atomic E-state index is -0.409. The Labute approximate surface area is 168 Å². The summed E-state index contributed by atoms with van der Waals surface area (Å²) < 4.78 is 5.59. The summed E-state index contributed by atoms with van der Waals surface area (Å²) in [6, 6.07) is 5.21. The number of nitrogens with one attached hydrogen (secondary N) is 2. The molecule has 3 aromatic rings. The van der Waals surface area contributed by atoms with Crippen LogP contribution >= 0.6 is 0 Å². The highest BCUT2D eigenvalue weighted by atomic mass is 16.5. The van der Waals surface area contributed by atoms with Crippen LogP contribution in [0.4, 0.5) is 17.3 Å². The number of amides is 1. The Bertz CT molecular complexity index is 1010. The van der Waals surface area contributed by atoms with Crippen LogP contribution < -0.4 is 15.4 Å². The highest BCUT2D eigenvalue weighted by Gasteiger charge is 2.27. The van der Waals surface area contributed by atoms with Crippen molar-refractivity contribution < 1.29 is 9.53 Å². The number of hydrogen-bond donors (Lipinski definition) is 2. The smallest absolute Gasteiger partial charge is 0.279 e. The van der Waals surface area contributed by atoms with Gasteiger partial charge in [0.05, 0.1) is 36.1 Å². The third-order valence-electron chi connectivity index (χ3n) is 4.15. The fourth-order valence-corrected chi connectivity index (χ4v) is 2.70. The SMILES string of the molecule is CC(C)Oc1cccc(NC(=O)c2nc(C3CC3)cnc2Nc2cncnc2)n1. The normalized spacial score (nSPS) is 13.2. The number of ether oxygens (including phenoxy) is 1. The van der Waals surface area contributed by atoms with Crippen molar-refractivity contribution in [1.29, 1.82) is 0 Å². The lowest BCUT2D eigenvalue weighted by Gasteiger charge is -2.12. The molecule has 1 fully saturated rings. The van der Waals surface area contributed by atoms with E-state index in [9.17, 15) is 4.79 Å². The van der Waals surface area contributed by atoms with Gasteiger partial charge in [-0.05, 0) is 32.8 Å². The van der Waals surface area contributed by atoms with Gasteiger partial charge < -0.3 is 15.4 Å². The Kier molecular flexibility index (Phi) is 5.28. The van der Waals surface area contributed by atoms with E-state index >= 15 is 0 Å². The first-order valence-corrected chi connectivity index (χ1v) is 9.42. The summed E-state index contributed by atoms with van der Waals surface area (Å²) in [5.41, 5.74) is 1.62. The summed E-state index contributed by atoms with van der Waals surface area (Å²) in [5.74, 6) is 1.10. The Morgan fingerprint density at radius 2 is 1.93 bits per heavy atom. The first kappa shape index (κ1) is 18.7. The van der Waals surface area contributed by atoms with Crippen molar-refractivity contribution in [2.45, 2.75) is 38.7 Å². The van der Waals surface area contributed by atoms with Crippen LogP contribution in [-0.2, 0) is 0 Å². The van der Waals surface area contributed by atoms with Crippen LogP contribution in [0, 0.1) is 0 Å². The highest BCUT2D eigenvalue weighted by Crippen LogP contribution is 2.39. The fraction of sp³-hybridized carbons (Fsp3) is 0.300. The number of anilines is 3. The first-order valence-electron chi connectivity index (χ1n) is 9.42. The first-order chi connectivity index (χ1) is 14.1. The molecule has 9 heteroatoms. The minimum Gasteiger partial charge on any atom is -0.475 e. The van der Waals surface area contributed by atoms with E-state index in [-0.39, 0.29) is 11.8 Å². The van der Waals surface area contributed by atoms with Crippen LogP contribution in [0.25, 0.3) is 0 Å². The van der Waals surface area contributed by atoms with Gasteiger partial charge in [0.1, 0.15) is 12.1 Å². The molecule has 0 unspecified atom stereocenters. The maximum Gasteiger partial charge on any atom is 0.279 e. The number of carbonyl (C=O) groups is 1. The van der Waals surface area contributed by atoms with Crippen LogP contribution in [0.2, 0.25) is 0 Å². The molecule has 1 aliphatic rings. The minimum absolute atomic E-state index is 0.0153. The van der Waals surface area contributed by atoms with Gasteiger partial charge in [-0.2, -0.15) is 4.98 Å². The molecular weight excluding hydrogens is 370 g/mol. The zero-order valence-electron chi connectivity index (χ0n) is 16.2. The molecule has 1 amide bonds. The average molecular weight is 391 g/mol. The summed E-state index contributed by atoms with van der Waals surface area (Å²) in [6.45, 7) is 3.83. The van der Waals surface area contributed by atoms with Crippen molar-refractivity contribution in [3.63, 3.8) is 0 Å². The molecule has 0 bridgehead atoms. The van der Waals surface area contributed by atoms with E-state index < -0.39 is 5.91 Å². The van der Waals surface area contributed by atoms with Crippen LogP contribution in [0.15, 0.2) is 43.1 Å². The van der Waals surface area contributed by atoms with Crippen LogP contribution in [0.3, 0.4) is 0 Å². The van der Waals surface area contributed by atoms with Gasteiger partial charge in [-0.15, -0.1) is 0 Å². The second-order valence-electron chi connectivity index (χ2n) is 7.00. The molecule has 1 saturated carbocycles. The standard InChI is InChI=1S/C20H21N7O2/c1-12(2)29-17-5-3-4-16(26-17)27-20(28)18-19(24-14-8-21-11-22-9-14)23-10-15(25-18)13-6-7-13/h3-5,8-13H,6-7H2,1-2H3,(H,23,24)(H,26,27,28). The Balaban J connectivity index is 1.60. The average Bonchev–Trinajstić information content (AvgIpc) is 3.54. The third kappa shape index (κ3) is 4.81. The van der Waals surface area contributed by atoms with Gasteiger partial charge in [0.2, 0.25) is 5.88 Å². The monoisotopic (exact) mass is 391 g/mol. The largest absolute Gasteiger partial charge is 0.475 e. The second kappa shape index (κ2) is 8.17. The van der Waals surface area contributed by atoms with Gasteiger partial charge in [0.25, 0.3) is 5.91 Å². The number of aromatic nitrogens is 5. The lowest BCUT2D eigenvalue weighted by Crippen LogP contribution is -2.18. The molecular formula is C20H21N7O2. The Morgan fingerprint density at radius 3 is 2.66 bits per heavy atom. The molecule has 1 aliphatic carbocycles. The maximum absolute atomic E-state index is 13.0. The van der Waals surface area contributed by atoms with Crippen molar-refractivity contribution in [3.05, 3.63) is 54.5 Å². The van der Waals surface area contributed by atoms with Gasteiger partial charge >= 0.3 is 0 Å². The molecule has 9 nitrogen and oxygen atoms in total. The van der Waals surface area contributed by atoms with Crippen molar-refractivity contribution >= 4 is 23.2 Å². The van der Waals surface area contributed by atoms with Gasteiger partial charge in [0.15, 0.2) is 11.5 Å². The van der Waals surface area contributed by atoms with Crippen molar-refractivity contribution in [2.24, 2.45) is 0 Å². The number of pyridine rings is 1. The molecule has 29 heavy (non-hydrogen) atoms. The lowest BCUT2D eigenvalue weighted by molar-refractivity contribution is 0.102. The molecule has 0 aliphatic heterocycles. The van der Waals surface area contributed by atoms with Crippen LogP contribution in [0.5, 0.6) is 5.88 Å². The fourth-order valence-electron chi connectivity index (χ4n) is 2.70. The molecule has 0 atom stereocenters. The lowest BCUT2D eigenvalue weighted by atomic mass is 10.2. The molecule has 0 radical (unpaired) electrons. The molecule has 3 heterocycles. The predicted molar refractivity (Wildman–Crippen MR) is 107 cm³/mol. The number of nitrogens with zero attached hydrogens (tertiary/aromatic N) is 5. The molecule has 2 N–H and O–H groups in total. The molecule has 0 saturated heterocycles. The topological polar surface area (TPSA) is 115 Å².